The van der Waals surface area contributed by atoms with Gasteiger partial charge in [0.1, 0.15) is 5.65 Å². The van der Waals surface area contributed by atoms with E-state index in [1.54, 1.807) is 29.0 Å². The minimum Gasteiger partial charge on any atom is -0.395 e. The minimum absolute atomic E-state index is 0.00591. The van der Waals surface area contributed by atoms with Gasteiger partial charge in [-0.2, -0.15) is 5.10 Å². The van der Waals surface area contributed by atoms with Crippen LogP contribution >= 0.6 is 0 Å². The summed E-state index contributed by atoms with van der Waals surface area (Å²) < 4.78 is 64.2. The van der Waals surface area contributed by atoms with Gasteiger partial charge in [0.25, 0.3) is 0 Å². The van der Waals surface area contributed by atoms with Crippen LogP contribution in [0.1, 0.15) is 32.2 Å². The van der Waals surface area contributed by atoms with Crippen molar-refractivity contribution < 1.29 is 26.7 Å². The normalized spacial score (nSPS) is 18.0. The molecular formula is C25H25F2N5O4S. The number of pyridine rings is 1. The molecule has 194 valence electrons. The molecule has 0 radical (unpaired) electrons. The molecule has 0 amide bonds. The van der Waals surface area contributed by atoms with Crippen LogP contribution in [0.25, 0.3) is 33.3 Å². The summed E-state index contributed by atoms with van der Waals surface area (Å²) in [6, 6.07) is 6.79. The fourth-order valence-corrected chi connectivity index (χ4v) is 6.52. The van der Waals surface area contributed by atoms with Crippen molar-refractivity contribution in [1.29, 1.82) is 0 Å². The van der Waals surface area contributed by atoms with E-state index >= 15 is 0 Å². The molecule has 0 spiro atoms. The van der Waals surface area contributed by atoms with Crippen LogP contribution in [0, 0.1) is 0 Å². The van der Waals surface area contributed by atoms with E-state index in [-0.39, 0.29) is 23.3 Å². The number of halogens is 2. The predicted molar refractivity (Wildman–Crippen MR) is 133 cm³/mol. The second-order valence-corrected chi connectivity index (χ2v) is 11.4. The average Bonchev–Trinajstić information content (AvgIpc) is 3.59. The van der Waals surface area contributed by atoms with E-state index in [2.05, 4.69) is 24.5 Å². The molecule has 9 nitrogen and oxygen atoms in total. The summed E-state index contributed by atoms with van der Waals surface area (Å²) in [6.45, 7) is 2.85. The Hall–Kier alpha value is -3.51. The highest BCUT2D eigenvalue weighted by Crippen LogP contribution is 2.44. The van der Waals surface area contributed by atoms with Gasteiger partial charge in [-0.15, -0.1) is 8.78 Å². The molecule has 12 heteroatoms. The van der Waals surface area contributed by atoms with Gasteiger partial charge >= 0.3 is 6.29 Å². The Morgan fingerprint density at radius 3 is 2.65 bits per heavy atom. The Labute approximate surface area is 212 Å². The summed E-state index contributed by atoms with van der Waals surface area (Å²) in [4.78, 5) is 7.66. The number of ether oxygens (including phenoxy) is 2. The molecule has 0 atom stereocenters. The molecule has 0 saturated carbocycles. The van der Waals surface area contributed by atoms with E-state index in [0.717, 1.165) is 22.1 Å². The third kappa shape index (κ3) is 4.44. The number of benzene rings is 1. The Kier molecular flexibility index (Phi) is 5.68. The van der Waals surface area contributed by atoms with Gasteiger partial charge in [0, 0.05) is 53.8 Å². The summed E-state index contributed by atoms with van der Waals surface area (Å²) in [5.74, 6) is 0.156. The molecule has 1 fully saturated rings. The SMILES string of the molecule is CCCS(=O)(=O)N1CCC(n2cc(-c3cnc4[nH]cc(-c5ccc6c(c5)OC(F)(F)O6)c4c3)cn2)CC1. The fraction of sp³-hybridized carbons (Fsp3) is 0.360. The van der Waals surface area contributed by atoms with Crippen molar-refractivity contribution in [3.05, 3.63) is 49.1 Å². The van der Waals surface area contributed by atoms with E-state index in [9.17, 15) is 17.2 Å². The molecule has 1 aromatic carbocycles. The lowest BCUT2D eigenvalue weighted by molar-refractivity contribution is -0.286. The zero-order valence-corrected chi connectivity index (χ0v) is 20.8. The summed E-state index contributed by atoms with van der Waals surface area (Å²) in [5, 5.41) is 5.38. The molecule has 6 rings (SSSR count). The first-order valence-electron chi connectivity index (χ1n) is 12.1. The number of aromatic nitrogens is 4. The lowest BCUT2D eigenvalue weighted by atomic mass is 10.0. The maximum absolute atomic E-state index is 13.4. The van der Waals surface area contributed by atoms with Crippen LogP contribution in [0.2, 0.25) is 0 Å². The average molecular weight is 530 g/mol. The molecule has 3 aromatic heterocycles. The van der Waals surface area contributed by atoms with Crippen LogP contribution in [0.5, 0.6) is 11.5 Å². The van der Waals surface area contributed by atoms with Crippen molar-refractivity contribution in [3.8, 4) is 33.8 Å². The van der Waals surface area contributed by atoms with Crippen molar-refractivity contribution in [1.82, 2.24) is 24.1 Å². The molecule has 0 unspecified atom stereocenters. The van der Waals surface area contributed by atoms with Crippen LogP contribution in [0.4, 0.5) is 8.78 Å². The first-order valence-corrected chi connectivity index (χ1v) is 13.7. The number of sulfonamides is 1. The number of hydrogen-bond acceptors (Lipinski definition) is 6. The monoisotopic (exact) mass is 529 g/mol. The van der Waals surface area contributed by atoms with Gasteiger partial charge in [0.15, 0.2) is 11.5 Å². The predicted octanol–water partition coefficient (Wildman–Crippen LogP) is 4.79. The van der Waals surface area contributed by atoms with E-state index < -0.39 is 16.3 Å². The van der Waals surface area contributed by atoms with Crippen LogP contribution in [-0.2, 0) is 10.0 Å². The Morgan fingerprint density at radius 2 is 1.86 bits per heavy atom. The minimum atomic E-state index is -3.67. The van der Waals surface area contributed by atoms with E-state index in [0.29, 0.717) is 43.6 Å². The number of fused-ring (bicyclic) bond motifs is 2. The highest BCUT2D eigenvalue weighted by Gasteiger charge is 2.43. The maximum atomic E-state index is 13.4. The summed E-state index contributed by atoms with van der Waals surface area (Å²) in [7, 11) is -3.19. The van der Waals surface area contributed by atoms with Crippen molar-refractivity contribution in [2.24, 2.45) is 0 Å². The number of hydrogen-bond donors (Lipinski definition) is 1. The second-order valence-electron chi connectivity index (χ2n) is 9.31. The second kappa shape index (κ2) is 8.80. The number of rotatable bonds is 6. The molecule has 37 heavy (non-hydrogen) atoms. The summed E-state index contributed by atoms with van der Waals surface area (Å²) in [5.41, 5.74) is 3.88. The first-order chi connectivity index (χ1) is 17.7. The van der Waals surface area contributed by atoms with Crippen molar-refractivity contribution in [2.75, 3.05) is 18.8 Å². The van der Waals surface area contributed by atoms with E-state index in [1.807, 2.05) is 23.9 Å². The number of nitrogens with one attached hydrogen (secondary N) is 1. The zero-order chi connectivity index (χ0) is 25.8. The molecule has 1 N–H and O–H groups in total. The molecule has 4 aromatic rings. The van der Waals surface area contributed by atoms with Crippen molar-refractivity contribution in [2.45, 2.75) is 38.5 Å². The zero-order valence-electron chi connectivity index (χ0n) is 20.0. The molecule has 5 heterocycles. The van der Waals surface area contributed by atoms with Gasteiger partial charge in [-0.05, 0) is 43.0 Å². The Bertz CT molecular complexity index is 1570. The standard InChI is InChI=1S/C25H25F2N5O4S/c1-2-9-37(33,34)31-7-5-19(6-8-31)32-15-18(13-30-32)17-10-20-21(14-29-24(20)28-12-17)16-3-4-22-23(11-16)36-25(26,27)35-22/h3-4,10-15,19H,2,5-9H2,1H3,(H,28,29). The van der Waals surface area contributed by atoms with Crippen molar-refractivity contribution >= 4 is 21.1 Å². The lowest BCUT2D eigenvalue weighted by Crippen LogP contribution is -2.40. The highest BCUT2D eigenvalue weighted by molar-refractivity contribution is 7.89. The number of nitrogens with zero attached hydrogens (tertiary/aromatic N) is 4. The first kappa shape index (κ1) is 23.9. The fourth-order valence-electron chi connectivity index (χ4n) is 4.98. The largest absolute Gasteiger partial charge is 0.586 e. The third-order valence-corrected chi connectivity index (χ3v) is 8.91. The lowest BCUT2D eigenvalue weighted by Gasteiger charge is -2.31. The van der Waals surface area contributed by atoms with E-state index in [4.69, 9.17) is 0 Å². The van der Waals surface area contributed by atoms with E-state index in [1.165, 1.54) is 12.1 Å². The topological polar surface area (TPSA) is 102 Å². The van der Waals surface area contributed by atoms with Gasteiger partial charge in [-0.25, -0.2) is 17.7 Å². The molecule has 2 aliphatic rings. The number of piperidine rings is 1. The molecule has 1 saturated heterocycles. The smallest absolute Gasteiger partial charge is 0.395 e. The van der Waals surface area contributed by atoms with Crippen LogP contribution in [0.3, 0.4) is 0 Å². The highest BCUT2D eigenvalue weighted by atomic mass is 32.2. The van der Waals surface area contributed by atoms with Gasteiger partial charge in [-0.3, -0.25) is 4.68 Å². The Balaban J connectivity index is 1.23. The van der Waals surface area contributed by atoms with Gasteiger partial charge in [0.05, 0.1) is 18.0 Å². The van der Waals surface area contributed by atoms with Crippen LogP contribution in [-0.4, -0.2) is 57.6 Å². The molecular weight excluding hydrogens is 504 g/mol. The van der Waals surface area contributed by atoms with Gasteiger partial charge in [-0.1, -0.05) is 13.0 Å². The van der Waals surface area contributed by atoms with Crippen LogP contribution in [0.15, 0.2) is 49.1 Å². The molecule has 0 bridgehead atoms. The Morgan fingerprint density at radius 1 is 1.08 bits per heavy atom. The summed E-state index contributed by atoms with van der Waals surface area (Å²) >= 11 is 0. The van der Waals surface area contributed by atoms with Gasteiger partial charge < -0.3 is 14.5 Å². The number of alkyl halides is 2. The number of aromatic amines is 1. The van der Waals surface area contributed by atoms with Crippen LogP contribution < -0.4 is 9.47 Å². The van der Waals surface area contributed by atoms with Crippen molar-refractivity contribution in [3.63, 3.8) is 0 Å². The van der Waals surface area contributed by atoms with Gasteiger partial charge in [0.2, 0.25) is 10.0 Å². The molecule has 2 aliphatic heterocycles. The molecule has 0 aliphatic carbocycles. The number of H-pyrrole nitrogens is 1. The quantitative estimate of drug-likeness (QED) is 0.385. The maximum Gasteiger partial charge on any atom is 0.586 e. The third-order valence-electron chi connectivity index (χ3n) is 6.83. The summed E-state index contributed by atoms with van der Waals surface area (Å²) in [6.07, 6.45) is 5.60.